The molecule has 1 aliphatic heterocycles. The zero-order valence-corrected chi connectivity index (χ0v) is 15.1. The zero-order chi connectivity index (χ0) is 17.2. The van der Waals surface area contributed by atoms with Crippen molar-refractivity contribution < 1.29 is 18.3 Å². The third-order valence-corrected chi connectivity index (χ3v) is 5.25. The van der Waals surface area contributed by atoms with E-state index in [2.05, 4.69) is 10.6 Å². The molecule has 1 saturated heterocycles. The number of rotatable bonds is 6. The third kappa shape index (κ3) is 4.49. The molecule has 2 unspecified atom stereocenters. The van der Waals surface area contributed by atoms with E-state index in [9.17, 15) is 13.6 Å². The van der Waals surface area contributed by atoms with Crippen molar-refractivity contribution >= 4 is 18.3 Å². The molecule has 0 radical (unpaired) electrons. The summed E-state index contributed by atoms with van der Waals surface area (Å²) in [6.45, 7) is 2.97. The number of nitrogens with one attached hydrogen (secondary N) is 2. The fourth-order valence-electron chi connectivity index (χ4n) is 3.71. The molecule has 1 aromatic carbocycles. The molecule has 25 heavy (non-hydrogen) atoms. The van der Waals surface area contributed by atoms with Crippen molar-refractivity contribution in [1.82, 2.24) is 10.6 Å². The predicted octanol–water partition coefficient (Wildman–Crippen LogP) is 2.62. The molecule has 1 heterocycles. The lowest BCUT2D eigenvalue weighted by molar-refractivity contribution is -0.123. The molecule has 0 aromatic heterocycles. The lowest BCUT2D eigenvalue weighted by Crippen LogP contribution is -2.47. The summed E-state index contributed by atoms with van der Waals surface area (Å²) in [5, 5.41) is 6.30. The molecule has 2 fully saturated rings. The van der Waals surface area contributed by atoms with E-state index in [0.29, 0.717) is 19.6 Å². The number of ether oxygens (including phenoxy) is 1. The van der Waals surface area contributed by atoms with E-state index >= 15 is 0 Å². The molecule has 0 bridgehead atoms. The molecule has 2 N–H and O–H groups in total. The van der Waals surface area contributed by atoms with Gasteiger partial charge in [-0.2, -0.15) is 0 Å². The van der Waals surface area contributed by atoms with Gasteiger partial charge in [0, 0.05) is 36.5 Å². The van der Waals surface area contributed by atoms with Gasteiger partial charge >= 0.3 is 0 Å². The molecule has 1 aromatic rings. The van der Waals surface area contributed by atoms with E-state index < -0.39 is 11.6 Å². The first-order chi connectivity index (χ1) is 11.6. The summed E-state index contributed by atoms with van der Waals surface area (Å²) >= 11 is 0. The summed E-state index contributed by atoms with van der Waals surface area (Å²) < 4.78 is 33.0. The van der Waals surface area contributed by atoms with Gasteiger partial charge in [0.25, 0.3) is 0 Å². The normalized spacial score (nSPS) is 24.3. The second-order valence-electron chi connectivity index (χ2n) is 6.98. The molecule has 3 rings (SSSR count). The van der Waals surface area contributed by atoms with Crippen molar-refractivity contribution in [3.63, 3.8) is 0 Å². The monoisotopic (exact) mass is 374 g/mol. The molecule has 2 atom stereocenters. The van der Waals surface area contributed by atoms with Gasteiger partial charge in [-0.05, 0) is 44.5 Å². The Morgan fingerprint density at radius 1 is 1.32 bits per heavy atom. The van der Waals surface area contributed by atoms with Crippen LogP contribution in [0.25, 0.3) is 0 Å². The molecule has 1 saturated carbocycles. The van der Waals surface area contributed by atoms with E-state index in [4.69, 9.17) is 4.74 Å². The summed E-state index contributed by atoms with van der Waals surface area (Å²) in [4.78, 5) is 12.4. The molecule has 0 spiro atoms. The summed E-state index contributed by atoms with van der Waals surface area (Å²) in [5.74, 6) is -1.93. The van der Waals surface area contributed by atoms with Crippen molar-refractivity contribution in [3.8, 4) is 0 Å². The van der Waals surface area contributed by atoms with Crippen LogP contribution in [0, 0.1) is 23.0 Å². The van der Waals surface area contributed by atoms with Crippen molar-refractivity contribution in [1.29, 1.82) is 0 Å². The van der Waals surface area contributed by atoms with Gasteiger partial charge in [-0.3, -0.25) is 4.79 Å². The summed E-state index contributed by atoms with van der Waals surface area (Å²) in [6, 6.07) is 3.83. The summed E-state index contributed by atoms with van der Waals surface area (Å²) in [7, 11) is 1.67. The van der Waals surface area contributed by atoms with Gasteiger partial charge in [-0.25, -0.2) is 8.78 Å². The van der Waals surface area contributed by atoms with Crippen LogP contribution in [0.15, 0.2) is 18.2 Å². The highest BCUT2D eigenvalue weighted by atomic mass is 35.5. The van der Waals surface area contributed by atoms with E-state index in [1.165, 1.54) is 18.2 Å². The predicted molar refractivity (Wildman–Crippen MR) is 93.9 cm³/mol. The number of carbonyl (C=O) groups is 1. The van der Waals surface area contributed by atoms with Gasteiger partial charge in [-0.1, -0.05) is 6.07 Å². The number of carbonyl (C=O) groups excluding carboxylic acids is 1. The van der Waals surface area contributed by atoms with Crippen LogP contribution in [0.5, 0.6) is 0 Å². The molecular formula is C18H25ClF2N2O2. The fraction of sp³-hybridized carbons (Fsp3) is 0.611. The standard InChI is InChI=1S/C18H24F2N2O2.ClH/c1-24-11-18(5-7-21-8-6-18)10-22-17(23)13-9-12(13)16-14(19)3-2-4-15(16)20;/h2-4,12-13,21H,5-11H2,1H3,(H,22,23);1H. The smallest absolute Gasteiger partial charge is 0.223 e. The molecule has 1 amide bonds. The van der Waals surface area contributed by atoms with E-state index in [-0.39, 0.29) is 41.1 Å². The molecule has 140 valence electrons. The first-order valence-corrected chi connectivity index (χ1v) is 8.48. The van der Waals surface area contributed by atoms with E-state index in [1.54, 1.807) is 7.11 Å². The van der Waals surface area contributed by atoms with Crippen molar-refractivity contribution in [2.45, 2.75) is 25.2 Å². The average Bonchev–Trinajstić information content (AvgIpc) is 3.34. The average molecular weight is 375 g/mol. The number of hydrogen-bond donors (Lipinski definition) is 2. The molecule has 2 aliphatic rings. The Balaban J connectivity index is 0.00000225. The first-order valence-electron chi connectivity index (χ1n) is 8.48. The molecule has 1 aliphatic carbocycles. The number of piperidine rings is 1. The molecular weight excluding hydrogens is 350 g/mol. The van der Waals surface area contributed by atoms with Gasteiger partial charge < -0.3 is 15.4 Å². The second kappa shape index (κ2) is 8.43. The highest BCUT2D eigenvalue weighted by Gasteiger charge is 2.47. The Labute approximate surface area is 153 Å². The van der Waals surface area contributed by atoms with Crippen LogP contribution in [0.3, 0.4) is 0 Å². The summed E-state index contributed by atoms with van der Waals surface area (Å²) in [5.41, 5.74) is -0.00495. The Bertz CT molecular complexity index is 583. The van der Waals surface area contributed by atoms with Crippen LogP contribution in [-0.4, -0.2) is 39.3 Å². The van der Waals surface area contributed by atoms with Crippen LogP contribution in [0.4, 0.5) is 8.78 Å². The van der Waals surface area contributed by atoms with E-state index in [0.717, 1.165) is 25.9 Å². The Morgan fingerprint density at radius 3 is 2.56 bits per heavy atom. The highest BCUT2D eigenvalue weighted by molar-refractivity contribution is 5.85. The van der Waals surface area contributed by atoms with Gasteiger partial charge in [0.1, 0.15) is 11.6 Å². The van der Waals surface area contributed by atoms with Gasteiger partial charge in [0.2, 0.25) is 5.91 Å². The van der Waals surface area contributed by atoms with Gasteiger partial charge in [0.15, 0.2) is 0 Å². The number of halogens is 3. The number of methoxy groups -OCH3 is 1. The Morgan fingerprint density at radius 2 is 1.96 bits per heavy atom. The quantitative estimate of drug-likeness (QED) is 0.804. The van der Waals surface area contributed by atoms with Crippen LogP contribution in [0.1, 0.15) is 30.7 Å². The van der Waals surface area contributed by atoms with Crippen LogP contribution in [0.2, 0.25) is 0 Å². The minimum atomic E-state index is -0.565. The van der Waals surface area contributed by atoms with Crippen molar-refractivity contribution in [3.05, 3.63) is 35.4 Å². The number of amides is 1. The molecule has 7 heteroatoms. The molecule has 4 nitrogen and oxygen atoms in total. The minimum absolute atomic E-state index is 0. The maximum Gasteiger partial charge on any atom is 0.223 e. The van der Waals surface area contributed by atoms with Gasteiger partial charge in [0.05, 0.1) is 6.61 Å². The largest absolute Gasteiger partial charge is 0.384 e. The summed E-state index contributed by atoms with van der Waals surface area (Å²) in [6.07, 6.45) is 2.39. The Hall–Kier alpha value is -1.24. The topological polar surface area (TPSA) is 50.4 Å². The number of benzene rings is 1. The van der Waals surface area contributed by atoms with Crippen LogP contribution < -0.4 is 10.6 Å². The third-order valence-electron chi connectivity index (χ3n) is 5.25. The lowest BCUT2D eigenvalue weighted by atomic mass is 9.79. The van der Waals surface area contributed by atoms with E-state index in [1.807, 2.05) is 0 Å². The maximum absolute atomic E-state index is 13.8. The number of hydrogen-bond acceptors (Lipinski definition) is 3. The fourth-order valence-corrected chi connectivity index (χ4v) is 3.71. The van der Waals surface area contributed by atoms with Gasteiger partial charge in [-0.15, -0.1) is 12.4 Å². The zero-order valence-electron chi connectivity index (χ0n) is 14.3. The highest BCUT2D eigenvalue weighted by Crippen LogP contribution is 2.49. The minimum Gasteiger partial charge on any atom is -0.384 e. The Kier molecular flexibility index (Phi) is 6.77. The first kappa shape index (κ1) is 20.1. The second-order valence-corrected chi connectivity index (χ2v) is 6.98. The van der Waals surface area contributed by atoms with Crippen LogP contribution >= 0.6 is 12.4 Å². The van der Waals surface area contributed by atoms with Crippen LogP contribution in [-0.2, 0) is 9.53 Å². The lowest BCUT2D eigenvalue weighted by Gasteiger charge is -2.37. The van der Waals surface area contributed by atoms with Crippen molar-refractivity contribution in [2.24, 2.45) is 11.3 Å². The van der Waals surface area contributed by atoms with Crippen molar-refractivity contribution in [2.75, 3.05) is 33.4 Å². The maximum atomic E-state index is 13.8. The SMILES string of the molecule is COCC1(CNC(=O)C2CC2c2c(F)cccc2F)CCNCC1.Cl.